The van der Waals surface area contributed by atoms with Gasteiger partial charge < -0.3 is 19.6 Å². The van der Waals surface area contributed by atoms with Gasteiger partial charge in [-0.2, -0.15) is 0 Å². The van der Waals surface area contributed by atoms with Gasteiger partial charge in [-0.1, -0.05) is 6.07 Å². The number of likely N-dealkylation sites (tertiary alicyclic amines) is 1. The van der Waals surface area contributed by atoms with E-state index < -0.39 is 15.9 Å². The lowest BCUT2D eigenvalue weighted by atomic mass is 9.72. The molecule has 10 heteroatoms. The molecule has 4 rings (SSSR count). The minimum atomic E-state index is -3.35. The molecular weight excluding hydrogens is 456 g/mol. The highest BCUT2D eigenvalue weighted by Gasteiger charge is 2.45. The number of aromatic nitrogens is 2. The first-order chi connectivity index (χ1) is 16.0. The number of hydrogen-bond acceptors (Lipinski definition) is 9. The van der Waals surface area contributed by atoms with Gasteiger partial charge in [-0.25, -0.2) is 23.2 Å². The van der Waals surface area contributed by atoms with Gasteiger partial charge in [0, 0.05) is 31.3 Å². The van der Waals surface area contributed by atoms with Crippen LogP contribution < -0.4 is 4.90 Å². The molecule has 2 aromatic rings. The molecule has 0 radical (unpaired) electrons. The Hall–Kier alpha value is -2.56. The highest BCUT2D eigenvalue weighted by atomic mass is 32.2. The van der Waals surface area contributed by atoms with Crippen LogP contribution in [-0.2, 0) is 14.6 Å². The van der Waals surface area contributed by atoms with Crippen LogP contribution in [0, 0.1) is 19.3 Å². The van der Waals surface area contributed by atoms with E-state index in [1.54, 1.807) is 6.07 Å². The summed E-state index contributed by atoms with van der Waals surface area (Å²) in [7, 11) is -1.98. The predicted molar refractivity (Wildman–Crippen MR) is 128 cm³/mol. The van der Waals surface area contributed by atoms with Crippen LogP contribution in [0.3, 0.4) is 0 Å². The summed E-state index contributed by atoms with van der Waals surface area (Å²) >= 11 is 0. The molecule has 0 aliphatic carbocycles. The summed E-state index contributed by atoms with van der Waals surface area (Å²) in [5.74, 6) is 0.340. The predicted octanol–water partition coefficient (Wildman–Crippen LogP) is 1.92. The van der Waals surface area contributed by atoms with Crippen molar-refractivity contribution in [3.8, 4) is 0 Å². The number of benzene rings is 1. The van der Waals surface area contributed by atoms with E-state index in [1.807, 2.05) is 19.9 Å². The highest BCUT2D eigenvalue weighted by Crippen LogP contribution is 2.42. The van der Waals surface area contributed by atoms with Gasteiger partial charge >= 0.3 is 5.97 Å². The summed E-state index contributed by atoms with van der Waals surface area (Å²) in [5.41, 5.74) is 3.36. The third kappa shape index (κ3) is 4.80. The molecule has 2 saturated heterocycles. The molecule has 9 nitrogen and oxygen atoms in total. The van der Waals surface area contributed by atoms with Crippen molar-refractivity contribution in [3.63, 3.8) is 0 Å². The Bertz CT molecular complexity index is 1170. The van der Waals surface area contributed by atoms with Crippen molar-refractivity contribution in [1.82, 2.24) is 14.9 Å². The molecule has 1 spiro atoms. The molecule has 2 aliphatic rings. The standard InChI is InChI=1S/C24H32N4O5S/c1-16-17(2)19(23(30)33-3)6-5-18(16)20(29)13-27-9-7-24(8-10-27)14-28(15-24)21-11-26-22(12-25-21)34(4,31)32/h5-6,11-12,20,29H,7-10,13-15H2,1-4H3/t20-/m0/s1. The van der Waals surface area contributed by atoms with Crippen molar-refractivity contribution in [3.05, 3.63) is 46.8 Å². The van der Waals surface area contributed by atoms with E-state index in [0.717, 1.165) is 62.0 Å². The number of methoxy groups -OCH3 is 1. The first kappa shape index (κ1) is 24.6. The van der Waals surface area contributed by atoms with Crippen LogP contribution in [-0.4, -0.2) is 80.5 Å². The van der Waals surface area contributed by atoms with E-state index in [2.05, 4.69) is 19.8 Å². The van der Waals surface area contributed by atoms with Crippen molar-refractivity contribution in [2.45, 2.75) is 37.8 Å². The number of esters is 1. The largest absolute Gasteiger partial charge is 0.465 e. The third-order valence-corrected chi connectivity index (χ3v) is 8.28. The average Bonchev–Trinajstić information content (AvgIpc) is 2.79. The maximum atomic E-state index is 11.9. The van der Waals surface area contributed by atoms with Gasteiger partial charge in [0.1, 0.15) is 5.82 Å². The molecule has 0 unspecified atom stereocenters. The zero-order valence-electron chi connectivity index (χ0n) is 20.1. The Morgan fingerprint density at radius 3 is 2.38 bits per heavy atom. The maximum absolute atomic E-state index is 11.9. The highest BCUT2D eigenvalue weighted by molar-refractivity contribution is 7.90. The Balaban J connectivity index is 1.31. The van der Waals surface area contributed by atoms with Crippen molar-refractivity contribution < 1.29 is 23.1 Å². The molecule has 184 valence electrons. The summed E-state index contributed by atoms with van der Waals surface area (Å²) in [5, 5.41) is 10.9. The number of carbonyl (C=O) groups is 1. The fourth-order valence-electron chi connectivity index (χ4n) is 4.99. The fourth-order valence-corrected chi connectivity index (χ4v) is 5.48. The van der Waals surface area contributed by atoms with Crippen LogP contribution in [0.15, 0.2) is 29.6 Å². The second kappa shape index (κ2) is 9.24. The lowest BCUT2D eigenvalue weighted by molar-refractivity contribution is 0.0423. The number of piperidine rings is 1. The van der Waals surface area contributed by atoms with Gasteiger partial charge in [0.05, 0.1) is 31.2 Å². The molecule has 0 saturated carbocycles. The van der Waals surface area contributed by atoms with E-state index in [1.165, 1.54) is 19.5 Å². The first-order valence-corrected chi connectivity index (χ1v) is 13.3. The van der Waals surface area contributed by atoms with Gasteiger partial charge in [0.25, 0.3) is 0 Å². The van der Waals surface area contributed by atoms with Crippen molar-refractivity contribution in [1.29, 1.82) is 0 Å². The summed E-state index contributed by atoms with van der Waals surface area (Å²) in [6.45, 7) is 7.93. The third-order valence-electron chi connectivity index (χ3n) is 7.31. The lowest BCUT2D eigenvalue weighted by Gasteiger charge is -2.54. The van der Waals surface area contributed by atoms with E-state index in [-0.39, 0.29) is 16.4 Å². The van der Waals surface area contributed by atoms with Crippen LogP contribution in [0.2, 0.25) is 0 Å². The molecule has 1 atom stereocenters. The molecule has 1 N–H and O–H groups in total. The molecule has 2 fully saturated rings. The SMILES string of the molecule is COC(=O)c1ccc([C@@H](O)CN2CCC3(CC2)CN(c2cnc(S(C)(=O)=O)cn2)C3)c(C)c1C. The number of aliphatic hydroxyl groups is 1. The van der Waals surface area contributed by atoms with Crippen LogP contribution in [0.5, 0.6) is 0 Å². The fraction of sp³-hybridized carbons (Fsp3) is 0.542. The number of β-amino-alcohol motifs (C(OH)–C–C–N with tert-alkyl or cyclic N) is 1. The Labute approximate surface area is 200 Å². The summed E-state index contributed by atoms with van der Waals surface area (Å²) in [4.78, 5) is 24.7. The second-order valence-electron chi connectivity index (χ2n) is 9.60. The zero-order valence-corrected chi connectivity index (χ0v) is 20.9. The number of carbonyl (C=O) groups excluding carboxylic acids is 1. The van der Waals surface area contributed by atoms with E-state index in [0.29, 0.717) is 17.9 Å². The molecule has 1 aromatic heterocycles. The molecule has 1 aromatic carbocycles. The van der Waals surface area contributed by atoms with Gasteiger partial charge in [0.2, 0.25) is 0 Å². The number of sulfone groups is 1. The smallest absolute Gasteiger partial charge is 0.338 e. The second-order valence-corrected chi connectivity index (χ2v) is 11.6. The molecule has 0 amide bonds. The molecule has 3 heterocycles. The normalized spacial score (nSPS) is 19.0. The number of anilines is 1. The molecular formula is C24H32N4O5S. The topological polar surface area (TPSA) is 113 Å². The van der Waals surface area contributed by atoms with Crippen molar-refractivity contribution >= 4 is 21.6 Å². The van der Waals surface area contributed by atoms with E-state index in [9.17, 15) is 18.3 Å². The summed E-state index contributed by atoms with van der Waals surface area (Å²) in [6.07, 6.45) is 5.42. The summed E-state index contributed by atoms with van der Waals surface area (Å²) < 4.78 is 28.0. The summed E-state index contributed by atoms with van der Waals surface area (Å²) in [6, 6.07) is 3.55. The number of hydrogen-bond donors (Lipinski definition) is 1. The van der Waals surface area contributed by atoms with Crippen molar-refractivity contribution in [2.24, 2.45) is 5.41 Å². The minimum Gasteiger partial charge on any atom is -0.465 e. The molecule has 2 aliphatic heterocycles. The van der Waals surface area contributed by atoms with Crippen LogP contribution in [0.4, 0.5) is 5.82 Å². The van der Waals surface area contributed by atoms with Crippen LogP contribution >= 0.6 is 0 Å². The lowest BCUT2D eigenvalue weighted by Crippen LogP contribution is -2.61. The zero-order chi connectivity index (χ0) is 24.7. The van der Waals surface area contributed by atoms with Gasteiger partial charge in [-0.3, -0.25) is 0 Å². The van der Waals surface area contributed by atoms with E-state index in [4.69, 9.17) is 4.74 Å². The number of aliphatic hydroxyl groups excluding tert-OH is 1. The number of ether oxygens (including phenoxy) is 1. The Morgan fingerprint density at radius 1 is 1.15 bits per heavy atom. The van der Waals surface area contributed by atoms with Gasteiger partial charge in [-0.05, 0) is 62.5 Å². The average molecular weight is 489 g/mol. The minimum absolute atomic E-state index is 0.0104. The van der Waals surface area contributed by atoms with Gasteiger partial charge in [-0.15, -0.1) is 0 Å². The number of nitrogens with zero attached hydrogens (tertiary/aromatic N) is 4. The van der Waals surface area contributed by atoms with Crippen LogP contribution in [0.25, 0.3) is 0 Å². The molecule has 0 bridgehead atoms. The van der Waals surface area contributed by atoms with Gasteiger partial charge in [0.15, 0.2) is 14.9 Å². The Morgan fingerprint density at radius 2 is 1.82 bits per heavy atom. The maximum Gasteiger partial charge on any atom is 0.338 e. The molecule has 34 heavy (non-hydrogen) atoms. The van der Waals surface area contributed by atoms with E-state index >= 15 is 0 Å². The quantitative estimate of drug-likeness (QED) is 0.609. The first-order valence-electron chi connectivity index (χ1n) is 11.4. The Kier molecular flexibility index (Phi) is 6.67. The van der Waals surface area contributed by atoms with Crippen LogP contribution in [0.1, 0.15) is 46.0 Å². The monoisotopic (exact) mass is 488 g/mol. The van der Waals surface area contributed by atoms with Crippen molar-refractivity contribution in [2.75, 3.05) is 51.0 Å². The number of rotatable bonds is 6.